The first-order valence-corrected chi connectivity index (χ1v) is 7.38. The van der Waals surface area contributed by atoms with E-state index < -0.39 is 0 Å². The van der Waals surface area contributed by atoms with Crippen LogP contribution in [0, 0.1) is 11.3 Å². The van der Waals surface area contributed by atoms with Gasteiger partial charge in [0.2, 0.25) is 0 Å². The highest BCUT2D eigenvalue weighted by molar-refractivity contribution is 5.06. The van der Waals surface area contributed by atoms with Crippen molar-refractivity contribution in [2.75, 3.05) is 13.2 Å². The Kier molecular flexibility index (Phi) is 3.84. The molecule has 1 spiro atoms. The van der Waals surface area contributed by atoms with Crippen molar-refractivity contribution in [2.24, 2.45) is 11.3 Å². The van der Waals surface area contributed by atoms with E-state index in [0.717, 1.165) is 19.1 Å². The van der Waals surface area contributed by atoms with Crippen LogP contribution in [0.4, 0.5) is 0 Å². The summed E-state index contributed by atoms with van der Waals surface area (Å²) in [6, 6.07) is 0.508. The van der Waals surface area contributed by atoms with Gasteiger partial charge in [-0.3, -0.25) is 0 Å². The van der Waals surface area contributed by atoms with E-state index in [1.54, 1.807) is 0 Å². The molecule has 1 saturated heterocycles. The van der Waals surface area contributed by atoms with E-state index in [2.05, 4.69) is 33.0 Å². The number of hydrogen-bond acceptors (Lipinski definition) is 2. The lowest BCUT2D eigenvalue weighted by Gasteiger charge is -2.55. The Morgan fingerprint density at radius 3 is 2.71 bits per heavy atom. The molecule has 1 aliphatic carbocycles. The van der Waals surface area contributed by atoms with Gasteiger partial charge < -0.3 is 10.1 Å². The van der Waals surface area contributed by atoms with E-state index >= 15 is 0 Å². The van der Waals surface area contributed by atoms with Gasteiger partial charge >= 0.3 is 0 Å². The molecule has 2 aliphatic rings. The highest BCUT2D eigenvalue weighted by Gasteiger charge is 2.52. The van der Waals surface area contributed by atoms with Gasteiger partial charge in [0.15, 0.2) is 0 Å². The zero-order valence-corrected chi connectivity index (χ0v) is 12.0. The molecule has 1 aliphatic heterocycles. The average molecular weight is 239 g/mol. The van der Waals surface area contributed by atoms with Gasteiger partial charge in [-0.1, -0.05) is 47.0 Å². The van der Waals surface area contributed by atoms with Crippen molar-refractivity contribution in [1.82, 2.24) is 5.32 Å². The molecule has 1 N–H and O–H groups in total. The molecule has 17 heavy (non-hydrogen) atoms. The van der Waals surface area contributed by atoms with Gasteiger partial charge in [0.1, 0.15) is 0 Å². The summed E-state index contributed by atoms with van der Waals surface area (Å²) in [6.07, 6.45) is 6.59. The van der Waals surface area contributed by atoms with Gasteiger partial charge in [-0.05, 0) is 24.2 Å². The molecule has 3 atom stereocenters. The molecule has 100 valence electrons. The Labute approximate surface area is 107 Å². The van der Waals surface area contributed by atoms with Crippen molar-refractivity contribution in [2.45, 2.75) is 71.4 Å². The van der Waals surface area contributed by atoms with E-state index in [0.29, 0.717) is 6.04 Å². The predicted molar refractivity (Wildman–Crippen MR) is 72.2 cm³/mol. The van der Waals surface area contributed by atoms with E-state index in [-0.39, 0.29) is 11.0 Å². The highest BCUT2D eigenvalue weighted by atomic mass is 16.5. The van der Waals surface area contributed by atoms with Crippen LogP contribution in [0.15, 0.2) is 0 Å². The van der Waals surface area contributed by atoms with Crippen molar-refractivity contribution in [1.29, 1.82) is 0 Å². The smallest absolute Gasteiger partial charge is 0.0868 e. The normalized spacial score (nSPS) is 39.5. The molecular weight excluding hydrogens is 210 g/mol. The van der Waals surface area contributed by atoms with Crippen LogP contribution in [-0.4, -0.2) is 24.8 Å². The van der Waals surface area contributed by atoms with Crippen LogP contribution < -0.4 is 5.32 Å². The average Bonchev–Trinajstić information content (AvgIpc) is 2.29. The first kappa shape index (κ1) is 13.4. The SMILES string of the molecule is CCC1CCCCC12OCCNC2C(C)(C)C. The van der Waals surface area contributed by atoms with Gasteiger partial charge in [-0.25, -0.2) is 0 Å². The summed E-state index contributed by atoms with van der Waals surface area (Å²) in [5, 5.41) is 3.76. The highest BCUT2D eigenvalue weighted by Crippen LogP contribution is 2.46. The fraction of sp³-hybridized carbons (Fsp3) is 1.00. The van der Waals surface area contributed by atoms with Crippen molar-refractivity contribution in [3.05, 3.63) is 0 Å². The van der Waals surface area contributed by atoms with Crippen LogP contribution in [0.2, 0.25) is 0 Å². The maximum absolute atomic E-state index is 6.39. The fourth-order valence-electron chi connectivity index (χ4n) is 4.10. The summed E-state index contributed by atoms with van der Waals surface area (Å²) in [5.74, 6) is 0.744. The zero-order valence-electron chi connectivity index (χ0n) is 12.0. The number of rotatable bonds is 1. The predicted octanol–water partition coefficient (Wildman–Crippen LogP) is 3.36. The minimum absolute atomic E-state index is 0.115. The number of ether oxygens (including phenoxy) is 1. The molecule has 0 radical (unpaired) electrons. The number of morpholine rings is 1. The minimum atomic E-state index is 0.115. The van der Waals surface area contributed by atoms with Crippen LogP contribution in [0.25, 0.3) is 0 Å². The van der Waals surface area contributed by atoms with E-state index in [9.17, 15) is 0 Å². The van der Waals surface area contributed by atoms with Crippen molar-refractivity contribution in [3.63, 3.8) is 0 Å². The van der Waals surface area contributed by atoms with Crippen molar-refractivity contribution < 1.29 is 4.74 Å². The third-order valence-corrected chi connectivity index (χ3v) is 4.73. The lowest BCUT2D eigenvalue weighted by atomic mass is 9.63. The molecule has 1 saturated carbocycles. The Balaban J connectivity index is 2.28. The summed E-state index contributed by atoms with van der Waals surface area (Å²) < 4.78 is 6.39. The summed E-state index contributed by atoms with van der Waals surface area (Å²) in [5.41, 5.74) is 0.398. The van der Waals surface area contributed by atoms with Crippen LogP contribution in [0.5, 0.6) is 0 Å². The summed E-state index contributed by atoms with van der Waals surface area (Å²) >= 11 is 0. The molecule has 1 heterocycles. The molecule has 2 rings (SSSR count). The molecule has 0 amide bonds. The van der Waals surface area contributed by atoms with Crippen LogP contribution >= 0.6 is 0 Å². The second-order valence-corrected chi connectivity index (χ2v) is 6.91. The summed E-state index contributed by atoms with van der Waals surface area (Å²) in [4.78, 5) is 0. The third kappa shape index (κ3) is 2.39. The Morgan fingerprint density at radius 2 is 2.06 bits per heavy atom. The first-order chi connectivity index (χ1) is 8.00. The molecule has 2 nitrogen and oxygen atoms in total. The Hall–Kier alpha value is -0.0800. The second kappa shape index (κ2) is 4.89. The summed E-state index contributed by atoms with van der Waals surface area (Å²) in [6.45, 7) is 11.3. The molecule has 3 unspecified atom stereocenters. The zero-order chi connectivity index (χ0) is 12.5. The Morgan fingerprint density at radius 1 is 1.29 bits per heavy atom. The van der Waals surface area contributed by atoms with Crippen LogP contribution in [0.3, 0.4) is 0 Å². The van der Waals surface area contributed by atoms with Gasteiger partial charge in [0.05, 0.1) is 12.2 Å². The molecule has 2 heteroatoms. The molecular formula is C15H29NO. The summed E-state index contributed by atoms with van der Waals surface area (Å²) in [7, 11) is 0. The molecule has 0 aromatic rings. The second-order valence-electron chi connectivity index (χ2n) is 6.91. The van der Waals surface area contributed by atoms with Crippen molar-refractivity contribution in [3.8, 4) is 0 Å². The van der Waals surface area contributed by atoms with E-state index in [1.165, 1.54) is 32.1 Å². The number of hydrogen-bond donors (Lipinski definition) is 1. The fourth-order valence-corrected chi connectivity index (χ4v) is 4.10. The van der Waals surface area contributed by atoms with E-state index in [1.807, 2.05) is 0 Å². The quantitative estimate of drug-likeness (QED) is 0.757. The monoisotopic (exact) mass is 239 g/mol. The van der Waals surface area contributed by atoms with E-state index in [4.69, 9.17) is 4.74 Å². The van der Waals surface area contributed by atoms with Crippen LogP contribution in [-0.2, 0) is 4.74 Å². The minimum Gasteiger partial charge on any atom is -0.372 e. The number of nitrogens with one attached hydrogen (secondary N) is 1. The third-order valence-electron chi connectivity index (χ3n) is 4.73. The van der Waals surface area contributed by atoms with Gasteiger partial charge in [-0.15, -0.1) is 0 Å². The first-order valence-electron chi connectivity index (χ1n) is 7.38. The van der Waals surface area contributed by atoms with Crippen LogP contribution in [0.1, 0.15) is 59.8 Å². The van der Waals surface area contributed by atoms with Gasteiger partial charge in [-0.2, -0.15) is 0 Å². The van der Waals surface area contributed by atoms with Gasteiger partial charge in [0.25, 0.3) is 0 Å². The lowest BCUT2D eigenvalue weighted by molar-refractivity contribution is -0.172. The molecule has 0 bridgehead atoms. The topological polar surface area (TPSA) is 21.3 Å². The standard InChI is InChI=1S/C15H29NO/c1-5-12-8-6-7-9-15(12)13(14(2,3)4)16-10-11-17-15/h12-13,16H,5-11H2,1-4H3. The van der Waals surface area contributed by atoms with Gasteiger partial charge in [0, 0.05) is 12.6 Å². The molecule has 0 aromatic carbocycles. The maximum Gasteiger partial charge on any atom is 0.0868 e. The molecule has 0 aromatic heterocycles. The Bertz CT molecular complexity index is 252. The lowest BCUT2D eigenvalue weighted by Crippen LogP contribution is -2.66. The van der Waals surface area contributed by atoms with Crippen molar-refractivity contribution >= 4 is 0 Å². The molecule has 2 fully saturated rings. The largest absolute Gasteiger partial charge is 0.372 e. The maximum atomic E-state index is 6.39.